The van der Waals surface area contributed by atoms with E-state index in [1.54, 1.807) is 43.4 Å². The average Bonchev–Trinajstić information content (AvgIpc) is 2.66. The van der Waals surface area contributed by atoms with Crippen molar-refractivity contribution in [2.75, 3.05) is 12.8 Å². The Bertz CT molecular complexity index is 1020. The molecule has 0 aliphatic rings. The van der Waals surface area contributed by atoms with Crippen molar-refractivity contribution in [3.05, 3.63) is 63.6 Å². The molecule has 2 N–H and O–H groups in total. The van der Waals surface area contributed by atoms with Gasteiger partial charge in [-0.05, 0) is 42.5 Å². The smallest absolute Gasteiger partial charge is 0.233 e. The summed E-state index contributed by atoms with van der Waals surface area (Å²) in [4.78, 5) is 23.8. The van der Waals surface area contributed by atoms with Crippen LogP contribution in [-0.2, 0) is 0 Å². The van der Waals surface area contributed by atoms with Gasteiger partial charge in [-0.3, -0.25) is 9.79 Å². The largest absolute Gasteiger partial charge is 0.438 e. The maximum atomic E-state index is 11.1. The van der Waals surface area contributed by atoms with E-state index in [9.17, 15) is 4.79 Å². The third-order valence-electron chi connectivity index (χ3n) is 3.61. The average molecular weight is 401 g/mol. The van der Waals surface area contributed by atoms with Crippen LogP contribution < -0.4 is 10.5 Å². The van der Waals surface area contributed by atoms with E-state index in [0.29, 0.717) is 39.0 Å². The molecule has 2 aromatic carbocycles. The second kappa shape index (κ2) is 8.16. The van der Waals surface area contributed by atoms with Crippen LogP contribution in [0.25, 0.3) is 11.4 Å². The lowest BCUT2D eigenvalue weighted by Crippen LogP contribution is -2.05. The van der Waals surface area contributed by atoms with Crippen LogP contribution in [-0.4, -0.2) is 29.5 Å². The highest BCUT2D eigenvalue weighted by Gasteiger charge is 2.15. The van der Waals surface area contributed by atoms with Crippen LogP contribution in [0.2, 0.25) is 10.0 Å². The van der Waals surface area contributed by atoms with E-state index in [1.807, 2.05) is 0 Å². The Labute approximate surface area is 165 Å². The van der Waals surface area contributed by atoms with Gasteiger partial charge in [-0.2, -0.15) is 4.98 Å². The van der Waals surface area contributed by atoms with Crippen LogP contribution >= 0.6 is 23.2 Å². The lowest BCUT2D eigenvalue weighted by atomic mass is 10.2. The number of hydrogen-bond acceptors (Lipinski definition) is 6. The van der Waals surface area contributed by atoms with Crippen molar-refractivity contribution >= 4 is 41.5 Å². The Hall–Kier alpha value is -2.96. The van der Waals surface area contributed by atoms with Crippen molar-refractivity contribution in [2.45, 2.75) is 0 Å². The zero-order valence-corrected chi connectivity index (χ0v) is 15.7. The molecule has 0 unspecified atom stereocenters. The van der Waals surface area contributed by atoms with E-state index in [-0.39, 0.29) is 11.7 Å². The molecular weight excluding hydrogens is 387 g/mol. The number of rotatable bonds is 5. The SMILES string of the molecule is CN=Cc1c(N)nc(-c2ccc(Cl)cc2)nc1Oc1ccc(Cl)c(C=O)c1. The molecule has 0 saturated carbocycles. The van der Waals surface area contributed by atoms with Crippen molar-refractivity contribution in [1.29, 1.82) is 0 Å². The van der Waals surface area contributed by atoms with Crippen LogP contribution in [0, 0.1) is 0 Å². The topological polar surface area (TPSA) is 90.5 Å². The summed E-state index contributed by atoms with van der Waals surface area (Å²) in [5.41, 5.74) is 7.54. The molecular formula is C19H14Cl2N4O2. The van der Waals surface area contributed by atoms with Crippen molar-refractivity contribution < 1.29 is 9.53 Å². The maximum absolute atomic E-state index is 11.1. The number of carbonyl (C=O) groups is 1. The van der Waals surface area contributed by atoms with Crippen LogP contribution in [0.15, 0.2) is 47.5 Å². The fourth-order valence-electron chi connectivity index (χ4n) is 2.31. The summed E-state index contributed by atoms with van der Waals surface area (Å²) in [6.45, 7) is 0. The van der Waals surface area contributed by atoms with Crippen molar-refractivity contribution in [2.24, 2.45) is 4.99 Å². The van der Waals surface area contributed by atoms with E-state index < -0.39 is 0 Å². The number of aldehydes is 1. The first kappa shape index (κ1) is 18.8. The van der Waals surface area contributed by atoms with Gasteiger partial charge in [0, 0.05) is 29.4 Å². The van der Waals surface area contributed by atoms with E-state index in [4.69, 9.17) is 33.7 Å². The Kier molecular flexibility index (Phi) is 5.69. The second-order valence-corrected chi connectivity index (χ2v) is 6.29. The molecule has 0 amide bonds. The van der Waals surface area contributed by atoms with Crippen LogP contribution in [0.5, 0.6) is 11.6 Å². The first-order valence-electron chi connectivity index (χ1n) is 7.80. The molecule has 136 valence electrons. The molecule has 27 heavy (non-hydrogen) atoms. The Morgan fingerprint density at radius 1 is 1.11 bits per heavy atom. The number of nitrogens with two attached hydrogens (primary N) is 1. The van der Waals surface area contributed by atoms with Gasteiger partial charge < -0.3 is 10.5 Å². The van der Waals surface area contributed by atoms with Crippen LogP contribution in [0.1, 0.15) is 15.9 Å². The van der Waals surface area contributed by atoms with E-state index in [1.165, 1.54) is 12.3 Å². The number of carbonyl (C=O) groups excluding carboxylic acids is 1. The molecule has 0 bridgehead atoms. The predicted octanol–water partition coefficient (Wildman–Crippen LogP) is 4.69. The fraction of sp³-hybridized carbons (Fsp3) is 0.0526. The quantitative estimate of drug-likeness (QED) is 0.495. The molecule has 0 aliphatic carbocycles. The van der Waals surface area contributed by atoms with E-state index in [0.717, 1.165) is 5.56 Å². The zero-order valence-electron chi connectivity index (χ0n) is 14.2. The van der Waals surface area contributed by atoms with Gasteiger partial charge in [0.15, 0.2) is 12.1 Å². The van der Waals surface area contributed by atoms with Crippen molar-refractivity contribution in [3.8, 4) is 23.0 Å². The zero-order chi connectivity index (χ0) is 19.4. The summed E-state index contributed by atoms with van der Waals surface area (Å²) < 4.78 is 5.86. The standard InChI is InChI=1S/C19H14Cl2N4O2/c1-23-9-15-17(22)24-18(11-2-4-13(20)5-3-11)25-19(15)27-14-6-7-16(21)12(8-14)10-26/h2-10H,1H3,(H2,22,24,25). The monoisotopic (exact) mass is 400 g/mol. The minimum Gasteiger partial charge on any atom is -0.438 e. The summed E-state index contributed by atoms with van der Waals surface area (Å²) in [6, 6.07) is 11.7. The summed E-state index contributed by atoms with van der Waals surface area (Å²) in [6.07, 6.45) is 2.16. The van der Waals surface area contributed by atoms with Crippen molar-refractivity contribution in [3.63, 3.8) is 0 Å². The summed E-state index contributed by atoms with van der Waals surface area (Å²) in [7, 11) is 1.60. The van der Waals surface area contributed by atoms with Crippen LogP contribution in [0.3, 0.4) is 0 Å². The van der Waals surface area contributed by atoms with Gasteiger partial charge in [0.05, 0.1) is 10.6 Å². The number of halogens is 2. The summed E-state index contributed by atoms with van der Waals surface area (Å²) in [5.74, 6) is 1.17. The molecule has 3 rings (SSSR count). The number of nitrogen functional groups attached to an aromatic ring is 1. The minimum absolute atomic E-state index is 0.206. The summed E-state index contributed by atoms with van der Waals surface area (Å²) in [5, 5.41) is 0.928. The van der Waals surface area contributed by atoms with E-state index >= 15 is 0 Å². The van der Waals surface area contributed by atoms with Gasteiger partial charge in [-0.15, -0.1) is 0 Å². The van der Waals surface area contributed by atoms with Crippen LogP contribution in [0.4, 0.5) is 5.82 Å². The molecule has 0 aliphatic heterocycles. The molecule has 0 saturated heterocycles. The van der Waals surface area contributed by atoms with E-state index in [2.05, 4.69) is 15.0 Å². The third-order valence-corrected chi connectivity index (χ3v) is 4.21. The summed E-state index contributed by atoms with van der Waals surface area (Å²) >= 11 is 11.9. The van der Waals surface area contributed by atoms with Gasteiger partial charge in [-0.25, -0.2) is 4.98 Å². The molecule has 6 nitrogen and oxygen atoms in total. The Balaban J connectivity index is 2.08. The number of benzene rings is 2. The number of hydrogen-bond donors (Lipinski definition) is 1. The van der Waals surface area contributed by atoms with Gasteiger partial charge in [-0.1, -0.05) is 23.2 Å². The highest BCUT2D eigenvalue weighted by molar-refractivity contribution is 6.33. The molecule has 8 heteroatoms. The lowest BCUT2D eigenvalue weighted by Gasteiger charge is -2.12. The van der Waals surface area contributed by atoms with Gasteiger partial charge in [0.25, 0.3) is 0 Å². The molecule has 0 fully saturated rings. The highest BCUT2D eigenvalue weighted by Crippen LogP contribution is 2.30. The molecule has 0 atom stereocenters. The number of ether oxygens (including phenoxy) is 1. The molecule has 0 radical (unpaired) electrons. The molecule has 3 aromatic rings. The number of nitrogens with zero attached hydrogens (tertiary/aromatic N) is 3. The van der Waals surface area contributed by atoms with Crippen molar-refractivity contribution in [1.82, 2.24) is 9.97 Å². The molecule has 0 spiro atoms. The third kappa shape index (κ3) is 4.24. The number of aromatic nitrogens is 2. The number of aliphatic imine (C=N–C) groups is 1. The Morgan fingerprint density at radius 3 is 2.52 bits per heavy atom. The predicted molar refractivity (Wildman–Crippen MR) is 107 cm³/mol. The maximum Gasteiger partial charge on any atom is 0.233 e. The molecule has 1 heterocycles. The van der Waals surface area contributed by atoms with Gasteiger partial charge >= 0.3 is 0 Å². The number of anilines is 1. The fourth-order valence-corrected chi connectivity index (χ4v) is 2.60. The van der Waals surface area contributed by atoms with Gasteiger partial charge in [0.2, 0.25) is 5.88 Å². The minimum atomic E-state index is 0.206. The highest BCUT2D eigenvalue weighted by atomic mass is 35.5. The molecule has 1 aromatic heterocycles. The first-order chi connectivity index (χ1) is 13.0. The normalized spacial score (nSPS) is 10.9. The lowest BCUT2D eigenvalue weighted by molar-refractivity contribution is 0.112. The van der Waals surface area contributed by atoms with Gasteiger partial charge in [0.1, 0.15) is 11.6 Å². The second-order valence-electron chi connectivity index (χ2n) is 5.45. The Morgan fingerprint density at radius 2 is 1.85 bits per heavy atom. The first-order valence-corrected chi connectivity index (χ1v) is 8.55.